The fourth-order valence-corrected chi connectivity index (χ4v) is 3.28. The summed E-state index contributed by atoms with van der Waals surface area (Å²) in [5.41, 5.74) is 8.90. The minimum Gasteiger partial charge on any atom is -0.490 e. The van der Waals surface area contributed by atoms with Gasteiger partial charge in [-0.1, -0.05) is 32.0 Å². The lowest BCUT2D eigenvalue weighted by Gasteiger charge is -2.30. The second kappa shape index (κ2) is 6.57. The molecule has 2 atom stereocenters. The summed E-state index contributed by atoms with van der Waals surface area (Å²) in [7, 11) is 0. The van der Waals surface area contributed by atoms with Crippen LogP contribution in [-0.2, 0) is 0 Å². The van der Waals surface area contributed by atoms with Crippen LogP contribution in [0.1, 0.15) is 55.7 Å². The summed E-state index contributed by atoms with van der Waals surface area (Å²) in [6.45, 7) is 6.43. The predicted octanol–water partition coefficient (Wildman–Crippen LogP) is 4.29. The molecule has 1 aliphatic carbocycles. The topological polar surface area (TPSA) is 35.2 Å². The Morgan fingerprint density at radius 3 is 2.50 bits per heavy atom. The lowest BCUT2D eigenvalue weighted by molar-refractivity contribution is 0.120. The van der Waals surface area contributed by atoms with E-state index < -0.39 is 0 Å². The molecule has 3 heteroatoms. The van der Waals surface area contributed by atoms with Crippen LogP contribution >= 0.6 is 12.2 Å². The molecule has 20 heavy (non-hydrogen) atoms. The monoisotopic (exact) mass is 291 g/mol. The van der Waals surface area contributed by atoms with E-state index in [-0.39, 0.29) is 0 Å². The van der Waals surface area contributed by atoms with E-state index in [1.54, 1.807) is 0 Å². The van der Waals surface area contributed by atoms with Crippen molar-refractivity contribution in [2.75, 3.05) is 0 Å². The zero-order chi connectivity index (χ0) is 14.7. The molecule has 2 nitrogen and oxygen atoms in total. The van der Waals surface area contributed by atoms with Gasteiger partial charge in [0, 0.05) is 5.56 Å². The summed E-state index contributed by atoms with van der Waals surface area (Å²) >= 11 is 5.05. The molecule has 0 bridgehead atoms. The Labute approximate surface area is 127 Å². The number of aryl methyl sites for hydroxylation is 2. The van der Waals surface area contributed by atoms with Crippen LogP contribution < -0.4 is 10.5 Å². The highest BCUT2D eigenvalue weighted by atomic mass is 32.1. The minimum absolute atomic E-state index is 0.363. The summed E-state index contributed by atoms with van der Waals surface area (Å²) in [4.78, 5) is 0.450. The number of benzene rings is 1. The molecule has 2 N–H and O–H groups in total. The zero-order valence-corrected chi connectivity index (χ0v) is 13.6. The third-order valence-electron chi connectivity index (χ3n) is 4.34. The van der Waals surface area contributed by atoms with Crippen molar-refractivity contribution in [1.82, 2.24) is 0 Å². The van der Waals surface area contributed by atoms with Crippen molar-refractivity contribution < 1.29 is 4.74 Å². The van der Waals surface area contributed by atoms with Gasteiger partial charge in [0.25, 0.3) is 0 Å². The molecule has 1 aliphatic rings. The van der Waals surface area contributed by atoms with Gasteiger partial charge in [-0.3, -0.25) is 0 Å². The SMILES string of the molecule is CCC1CCCC(Oc2c(C)cc(C(N)=S)cc2C)C1. The van der Waals surface area contributed by atoms with E-state index in [0.29, 0.717) is 11.1 Å². The van der Waals surface area contributed by atoms with Gasteiger partial charge in [-0.15, -0.1) is 0 Å². The van der Waals surface area contributed by atoms with Crippen LogP contribution in [0.3, 0.4) is 0 Å². The Balaban J connectivity index is 2.15. The summed E-state index contributed by atoms with van der Waals surface area (Å²) in [6.07, 6.45) is 6.62. The van der Waals surface area contributed by atoms with E-state index >= 15 is 0 Å². The largest absolute Gasteiger partial charge is 0.490 e. The van der Waals surface area contributed by atoms with E-state index in [2.05, 4.69) is 20.8 Å². The van der Waals surface area contributed by atoms with Crippen molar-refractivity contribution in [2.24, 2.45) is 11.7 Å². The maximum Gasteiger partial charge on any atom is 0.125 e. The van der Waals surface area contributed by atoms with Crippen molar-refractivity contribution >= 4 is 17.2 Å². The standard InChI is InChI=1S/C17H25NOS/c1-4-13-6-5-7-15(10-13)19-16-11(2)8-14(17(18)20)9-12(16)3/h8-9,13,15H,4-7,10H2,1-3H3,(H2,18,20). The van der Waals surface area contributed by atoms with Crippen molar-refractivity contribution in [3.05, 3.63) is 28.8 Å². The van der Waals surface area contributed by atoms with E-state index in [0.717, 1.165) is 28.4 Å². The predicted molar refractivity (Wildman–Crippen MR) is 88.5 cm³/mol. The Morgan fingerprint density at radius 2 is 1.95 bits per heavy atom. The highest BCUT2D eigenvalue weighted by Crippen LogP contribution is 2.32. The minimum atomic E-state index is 0.363. The molecule has 0 aliphatic heterocycles. The quantitative estimate of drug-likeness (QED) is 0.841. The van der Waals surface area contributed by atoms with Gasteiger partial charge >= 0.3 is 0 Å². The van der Waals surface area contributed by atoms with Crippen LogP contribution in [0, 0.1) is 19.8 Å². The summed E-state index contributed by atoms with van der Waals surface area (Å²) in [5, 5.41) is 0. The molecule has 1 saturated carbocycles. The average Bonchev–Trinajstić information content (AvgIpc) is 2.42. The van der Waals surface area contributed by atoms with Gasteiger partial charge in [0.2, 0.25) is 0 Å². The molecule has 2 unspecified atom stereocenters. The third-order valence-corrected chi connectivity index (χ3v) is 4.58. The van der Waals surface area contributed by atoms with Crippen LogP contribution in [0.5, 0.6) is 5.75 Å². The Bertz CT molecular complexity index is 475. The highest BCUT2D eigenvalue weighted by molar-refractivity contribution is 7.80. The van der Waals surface area contributed by atoms with Crippen LogP contribution in [-0.4, -0.2) is 11.1 Å². The lowest BCUT2D eigenvalue weighted by Crippen LogP contribution is -2.25. The summed E-state index contributed by atoms with van der Waals surface area (Å²) in [5.74, 6) is 1.84. The van der Waals surface area contributed by atoms with E-state index in [1.807, 2.05) is 12.1 Å². The molecule has 0 amide bonds. The van der Waals surface area contributed by atoms with E-state index in [9.17, 15) is 0 Å². The van der Waals surface area contributed by atoms with Gasteiger partial charge in [0.1, 0.15) is 10.7 Å². The van der Waals surface area contributed by atoms with Crippen molar-refractivity contribution in [1.29, 1.82) is 0 Å². The Hall–Kier alpha value is -1.09. The second-order valence-electron chi connectivity index (χ2n) is 5.98. The molecular weight excluding hydrogens is 266 g/mol. The molecule has 110 valence electrons. The number of ether oxygens (including phenoxy) is 1. The second-order valence-corrected chi connectivity index (χ2v) is 6.42. The fraction of sp³-hybridized carbons (Fsp3) is 0.588. The molecule has 0 heterocycles. The van der Waals surface area contributed by atoms with Crippen LogP contribution in [0.2, 0.25) is 0 Å². The van der Waals surface area contributed by atoms with Crippen LogP contribution in [0.4, 0.5) is 0 Å². The first kappa shape index (κ1) is 15.3. The third kappa shape index (κ3) is 3.51. The van der Waals surface area contributed by atoms with Crippen molar-refractivity contribution in [3.8, 4) is 5.75 Å². The smallest absolute Gasteiger partial charge is 0.125 e. The van der Waals surface area contributed by atoms with Gasteiger partial charge in [-0.25, -0.2) is 0 Å². The highest BCUT2D eigenvalue weighted by Gasteiger charge is 2.23. The number of rotatable bonds is 4. The summed E-state index contributed by atoms with van der Waals surface area (Å²) < 4.78 is 6.30. The maximum absolute atomic E-state index is 6.30. The molecule has 0 spiro atoms. The molecule has 0 aromatic heterocycles. The molecule has 1 aromatic rings. The van der Waals surface area contributed by atoms with Crippen LogP contribution in [0.15, 0.2) is 12.1 Å². The van der Waals surface area contributed by atoms with Crippen LogP contribution in [0.25, 0.3) is 0 Å². The first-order valence-electron chi connectivity index (χ1n) is 7.59. The van der Waals surface area contributed by atoms with Gasteiger partial charge in [0.15, 0.2) is 0 Å². The van der Waals surface area contributed by atoms with Gasteiger partial charge in [-0.2, -0.15) is 0 Å². The van der Waals surface area contributed by atoms with E-state index in [1.165, 1.54) is 32.1 Å². The normalized spacial score (nSPS) is 22.6. The summed E-state index contributed by atoms with van der Waals surface area (Å²) in [6, 6.07) is 4.07. The fourth-order valence-electron chi connectivity index (χ4n) is 3.16. The first-order chi connectivity index (χ1) is 9.51. The van der Waals surface area contributed by atoms with Crippen molar-refractivity contribution in [3.63, 3.8) is 0 Å². The number of hydrogen-bond acceptors (Lipinski definition) is 2. The zero-order valence-electron chi connectivity index (χ0n) is 12.7. The van der Waals surface area contributed by atoms with Gasteiger partial charge in [-0.05, 0) is 62.3 Å². The number of nitrogens with two attached hydrogens (primary N) is 1. The molecule has 1 aromatic carbocycles. The molecule has 0 saturated heterocycles. The first-order valence-corrected chi connectivity index (χ1v) is 7.99. The number of thiocarbonyl (C=S) groups is 1. The Morgan fingerprint density at radius 1 is 1.30 bits per heavy atom. The Kier molecular flexibility index (Phi) is 5.03. The lowest BCUT2D eigenvalue weighted by atomic mass is 9.85. The van der Waals surface area contributed by atoms with Gasteiger partial charge < -0.3 is 10.5 Å². The molecular formula is C17H25NOS. The molecule has 0 radical (unpaired) electrons. The molecule has 2 rings (SSSR count). The van der Waals surface area contributed by atoms with E-state index in [4.69, 9.17) is 22.7 Å². The van der Waals surface area contributed by atoms with Crippen molar-refractivity contribution in [2.45, 2.75) is 59.0 Å². The van der Waals surface area contributed by atoms with Gasteiger partial charge in [0.05, 0.1) is 6.10 Å². The molecule has 1 fully saturated rings. The average molecular weight is 291 g/mol. The maximum atomic E-state index is 6.30. The number of hydrogen-bond donors (Lipinski definition) is 1.